The van der Waals surface area contributed by atoms with E-state index in [1.54, 1.807) is 0 Å². The molecular weight excluding hydrogens is 392 g/mol. The number of aliphatic hydroxyl groups is 1. The Morgan fingerprint density at radius 3 is 1.88 bits per heavy atom. The van der Waals surface area contributed by atoms with Crippen molar-refractivity contribution in [3.63, 3.8) is 0 Å². The van der Waals surface area contributed by atoms with E-state index in [4.69, 9.17) is 0 Å². The molecule has 166 valence electrons. The van der Waals surface area contributed by atoms with Crippen LogP contribution in [0.15, 0.2) is 78.9 Å². The van der Waals surface area contributed by atoms with Crippen molar-refractivity contribution in [3.05, 3.63) is 107 Å². The highest BCUT2D eigenvalue weighted by Gasteiger charge is 2.56. The number of hydrogen-bond donors (Lipinski definition) is 1. The van der Waals surface area contributed by atoms with Gasteiger partial charge in [0.1, 0.15) is 5.60 Å². The lowest BCUT2D eigenvalue weighted by molar-refractivity contribution is -0.00468. The van der Waals surface area contributed by atoms with Crippen LogP contribution >= 0.6 is 0 Å². The molecule has 0 radical (unpaired) electrons. The van der Waals surface area contributed by atoms with Gasteiger partial charge in [-0.05, 0) is 33.1 Å². The van der Waals surface area contributed by atoms with Gasteiger partial charge in [0.25, 0.3) is 0 Å². The van der Waals surface area contributed by atoms with Crippen molar-refractivity contribution < 1.29 is 9.90 Å². The lowest BCUT2D eigenvalue weighted by Crippen LogP contribution is -2.50. The standard InChI is InChI=1S/C30H34O2/c1-28(2,3)22-17-18-23-24(19-22)30(32,21-15-11-8-12-16-21)25(20-13-9-7-10-14-20)26(27(23)31)29(4,5)6/h7-19,25-26,32H,1-6H3/t25-,26+,30+/m0/s1. The summed E-state index contributed by atoms with van der Waals surface area (Å²) in [5, 5.41) is 12.8. The normalized spacial score (nSPS) is 23.7. The van der Waals surface area contributed by atoms with Gasteiger partial charge in [-0.3, -0.25) is 4.79 Å². The number of benzene rings is 3. The van der Waals surface area contributed by atoms with Crippen molar-refractivity contribution in [2.24, 2.45) is 11.3 Å². The smallest absolute Gasteiger partial charge is 0.167 e. The van der Waals surface area contributed by atoms with E-state index in [0.717, 1.165) is 22.3 Å². The third-order valence-electron chi connectivity index (χ3n) is 6.93. The highest BCUT2D eigenvalue weighted by molar-refractivity contribution is 6.02. The molecule has 0 aromatic heterocycles. The number of ketones is 1. The predicted molar refractivity (Wildman–Crippen MR) is 131 cm³/mol. The summed E-state index contributed by atoms with van der Waals surface area (Å²) >= 11 is 0. The molecule has 3 aromatic carbocycles. The van der Waals surface area contributed by atoms with Gasteiger partial charge < -0.3 is 5.11 Å². The summed E-state index contributed by atoms with van der Waals surface area (Å²) in [6.45, 7) is 12.8. The zero-order chi connectivity index (χ0) is 23.3. The van der Waals surface area contributed by atoms with E-state index in [-0.39, 0.29) is 22.5 Å². The Morgan fingerprint density at radius 1 is 0.781 bits per heavy atom. The first-order valence-electron chi connectivity index (χ1n) is 11.5. The average molecular weight is 427 g/mol. The van der Waals surface area contributed by atoms with Gasteiger partial charge in [0.2, 0.25) is 0 Å². The summed E-state index contributed by atoms with van der Waals surface area (Å²) in [4.78, 5) is 14.0. The second-order valence-electron chi connectivity index (χ2n) is 11.2. The lowest BCUT2D eigenvalue weighted by atomic mass is 9.54. The van der Waals surface area contributed by atoms with E-state index in [0.29, 0.717) is 5.56 Å². The van der Waals surface area contributed by atoms with Crippen molar-refractivity contribution in [1.82, 2.24) is 0 Å². The van der Waals surface area contributed by atoms with Gasteiger partial charge in [0, 0.05) is 17.4 Å². The Balaban J connectivity index is 2.12. The first-order valence-corrected chi connectivity index (χ1v) is 11.5. The van der Waals surface area contributed by atoms with Crippen molar-refractivity contribution in [1.29, 1.82) is 0 Å². The summed E-state index contributed by atoms with van der Waals surface area (Å²) in [6, 6.07) is 26.0. The molecule has 0 heterocycles. The van der Waals surface area contributed by atoms with Gasteiger partial charge >= 0.3 is 0 Å². The van der Waals surface area contributed by atoms with E-state index in [2.05, 4.69) is 47.6 Å². The summed E-state index contributed by atoms with van der Waals surface area (Å²) in [5.41, 5.74) is 2.51. The molecule has 0 bridgehead atoms. The molecular formula is C30H34O2. The molecule has 4 rings (SSSR count). The number of Topliss-reactive ketones (excluding diaryl/α,β-unsaturated/α-hetero) is 1. The fraction of sp³-hybridized carbons (Fsp3) is 0.367. The zero-order valence-electron chi connectivity index (χ0n) is 20.0. The molecule has 1 aliphatic carbocycles. The van der Waals surface area contributed by atoms with Gasteiger partial charge in [-0.1, -0.05) is 120 Å². The summed E-state index contributed by atoms with van der Waals surface area (Å²) in [6.07, 6.45) is 0. The number of fused-ring (bicyclic) bond motifs is 1. The third-order valence-corrected chi connectivity index (χ3v) is 6.93. The van der Waals surface area contributed by atoms with Gasteiger partial charge in [-0.25, -0.2) is 0 Å². The van der Waals surface area contributed by atoms with Gasteiger partial charge in [-0.2, -0.15) is 0 Å². The maximum Gasteiger partial charge on any atom is 0.167 e. The maximum atomic E-state index is 14.0. The molecule has 2 heteroatoms. The largest absolute Gasteiger partial charge is 0.380 e. The van der Waals surface area contributed by atoms with Crippen molar-refractivity contribution in [2.45, 2.75) is 58.5 Å². The van der Waals surface area contributed by atoms with Crippen LogP contribution in [0, 0.1) is 11.3 Å². The van der Waals surface area contributed by atoms with Crippen LogP contribution in [0.3, 0.4) is 0 Å². The Hall–Kier alpha value is -2.71. The molecule has 1 N–H and O–H groups in total. The molecule has 0 fully saturated rings. The molecule has 0 amide bonds. The van der Waals surface area contributed by atoms with Crippen molar-refractivity contribution in [3.8, 4) is 0 Å². The Labute approximate surface area is 192 Å². The van der Waals surface area contributed by atoms with E-state index in [1.165, 1.54) is 0 Å². The number of rotatable bonds is 2. The zero-order valence-corrected chi connectivity index (χ0v) is 20.0. The van der Waals surface area contributed by atoms with Crippen molar-refractivity contribution >= 4 is 5.78 Å². The van der Waals surface area contributed by atoms with Crippen LogP contribution in [-0.4, -0.2) is 10.9 Å². The van der Waals surface area contributed by atoms with E-state index in [1.807, 2.05) is 72.8 Å². The van der Waals surface area contributed by atoms with Crippen LogP contribution in [-0.2, 0) is 11.0 Å². The van der Waals surface area contributed by atoms with Gasteiger partial charge in [0.05, 0.1) is 0 Å². The SMILES string of the molecule is CC(C)(C)c1ccc2c(c1)[C@](O)(c1ccccc1)[C@@H](c1ccccc1)[C@@H](C(C)(C)C)C2=O. The monoisotopic (exact) mass is 426 g/mol. The van der Waals surface area contributed by atoms with Crippen LogP contribution in [0.1, 0.15) is 80.1 Å². The molecule has 3 atom stereocenters. The van der Waals surface area contributed by atoms with Crippen LogP contribution in [0.4, 0.5) is 0 Å². The summed E-state index contributed by atoms with van der Waals surface area (Å²) in [7, 11) is 0. The second kappa shape index (κ2) is 7.71. The Bertz CT molecular complexity index is 1120. The quantitative estimate of drug-likeness (QED) is 0.486. The number of hydrogen-bond acceptors (Lipinski definition) is 2. The number of carbonyl (C=O) groups excluding carboxylic acids is 1. The maximum absolute atomic E-state index is 14.0. The predicted octanol–water partition coefficient (Wildman–Crippen LogP) is 6.86. The lowest BCUT2D eigenvalue weighted by Gasteiger charge is -2.50. The molecule has 0 unspecified atom stereocenters. The molecule has 0 spiro atoms. The molecule has 0 aliphatic heterocycles. The van der Waals surface area contributed by atoms with Crippen molar-refractivity contribution in [2.75, 3.05) is 0 Å². The van der Waals surface area contributed by atoms with E-state index >= 15 is 0 Å². The molecule has 1 aliphatic rings. The summed E-state index contributed by atoms with van der Waals surface area (Å²) in [5.74, 6) is -0.660. The molecule has 3 aromatic rings. The molecule has 0 saturated heterocycles. The Kier molecular flexibility index (Phi) is 5.41. The minimum atomic E-state index is -1.33. The fourth-order valence-corrected chi connectivity index (χ4v) is 5.28. The van der Waals surface area contributed by atoms with Crippen LogP contribution in [0.25, 0.3) is 0 Å². The average Bonchev–Trinajstić information content (AvgIpc) is 2.75. The van der Waals surface area contributed by atoms with Crippen LogP contribution < -0.4 is 0 Å². The number of carbonyl (C=O) groups is 1. The first-order chi connectivity index (χ1) is 15.0. The minimum Gasteiger partial charge on any atom is -0.380 e. The van der Waals surface area contributed by atoms with Gasteiger partial charge in [0.15, 0.2) is 5.78 Å². The topological polar surface area (TPSA) is 37.3 Å². The van der Waals surface area contributed by atoms with Crippen LogP contribution in [0.2, 0.25) is 0 Å². The minimum absolute atomic E-state index is 0.0984. The summed E-state index contributed by atoms with van der Waals surface area (Å²) < 4.78 is 0. The molecule has 0 saturated carbocycles. The first kappa shape index (κ1) is 22.5. The highest BCUT2D eigenvalue weighted by Crippen LogP contribution is 2.56. The third kappa shape index (κ3) is 3.61. The Morgan fingerprint density at radius 2 is 1.34 bits per heavy atom. The fourth-order valence-electron chi connectivity index (χ4n) is 5.28. The van der Waals surface area contributed by atoms with Crippen LogP contribution in [0.5, 0.6) is 0 Å². The molecule has 2 nitrogen and oxygen atoms in total. The highest BCUT2D eigenvalue weighted by atomic mass is 16.3. The van der Waals surface area contributed by atoms with E-state index in [9.17, 15) is 9.90 Å². The second-order valence-corrected chi connectivity index (χ2v) is 11.2. The molecule has 32 heavy (non-hydrogen) atoms. The van der Waals surface area contributed by atoms with E-state index < -0.39 is 11.5 Å². The van der Waals surface area contributed by atoms with Gasteiger partial charge in [-0.15, -0.1) is 0 Å².